The average molecular weight is 1600 g/mol. The number of aliphatic carboxylic acids is 1. The van der Waals surface area contributed by atoms with Crippen LogP contribution in [-0.4, -0.2) is 374 Å². The van der Waals surface area contributed by atoms with Gasteiger partial charge in [0.15, 0.2) is 56.2 Å². The Labute approximate surface area is 639 Å². The van der Waals surface area contributed by atoms with Crippen LogP contribution < -0.4 is 0 Å². The number of carbonyl (C=O) groups is 2. The van der Waals surface area contributed by atoms with Crippen molar-refractivity contribution in [3.8, 4) is 0 Å². The van der Waals surface area contributed by atoms with Crippen molar-refractivity contribution in [2.24, 2.45) is 50.2 Å². The summed E-state index contributed by atoms with van der Waals surface area (Å²) in [6.45, 7) is 14.7. The highest BCUT2D eigenvalue weighted by atomic mass is 16.8. The number of carbonyl (C=O) groups excluding carboxylic acids is 1. The van der Waals surface area contributed by atoms with E-state index in [0.29, 0.717) is 44.9 Å². The number of esters is 1. The van der Waals surface area contributed by atoms with Crippen molar-refractivity contribution in [1.82, 2.24) is 0 Å². The minimum absolute atomic E-state index is 0.0579. The van der Waals surface area contributed by atoms with E-state index in [1.165, 1.54) is 13.8 Å². The molecule has 0 radical (unpaired) electrons. The van der Waals surface area contributed by atoms with Gasteiger partial charge >= 0.3 is 11.9 Å². The first kappa shape index (κ1) is 86.2. The molecule has 38 nitrogen and oxygen atoms in total. The van der Waals surface area contributed by atoms with Gasteiger partial charge in [0.25, 0.3) is 0 Å². The number of carboxylic acid groups (broad SMARTS) is 1. The molecule has 20 N–H and O–H groups in total. The van der Waals surface area contributed by atoms with E-state index in [9.17, 15) is 107 Å². The van der Waals surface area contributed by atoms with Crippen LogP contribution in [-0.2, 0) is 85.4 Å². The number of carboxylic acids is 1. The smallest absolute Gasteiger partial charge is 0.335 e. The van der Waals surface area contributed by atoms with E-state index < -0.39 is 311 Å². The van der Waals surface area contributed by atoms with Gasteiger partial charge in [-0.2, -0.15) is 0 Å². The second kappa shape index (κ2) is 32.5. The maximum Gasteiger partial charge on any atom is 0.335 e. The van der Waals surface area contributed by atoms with Gasteiger partial charge in [-0.1, -0.05) is 60.1 Å². The molecular formula is C73H116O38. The van der Waals surface area contributed by atoms with Crippen LogP contribution >= 0.6 is 0 Å². The van der Waals surface area contributed by atoms with E-state index in [1.807, 2.05) is 13.8 Å². The van der Waals surface area contributed by atoms with Crippen molar-refractivity contribution in [2.75, 3.05) is 33.0 Å². The van der Waals surface area contributed by atoms with E-state index in [4.69, 9.17) is 75.8 Å². The molecule has 5 aliphatic carbocycles. The minimum atomic E-state index is -2.22. The molecule has 0 unspecified atom stereocenters. The molecule has 13 aliphatic rings. The third-order valence-corrected chi connectivity index (χ3v) is 27.8. The van der Waals surface area contributed by atoms with Crippen LogP contribution in [0.4, 0.5) is 0 Å². The van der Waals surface area contributed by atoms with Gasteiger partial charge in [0.2, 0.25) is 6.29 Å². The first-order valence-electron chi connectivity index (χ1n) is 38.7. The third kappa shape index (κ3) is 15.3. The second-order valence-corrected chi connectivity index (χ2v) is 35.4. The number of aliphatic hydroxyl groups excluding tert-OH is 19. The van der Waals surface area contributed by atoms with Crippen LogP contribution in [0.3, 0.4) is 0 Å². The van der Waals surface area contributed by atoms with Crippen LogP contribution in [0.2, 0.25) is 0 Å². The number of hydrogen-bond acceptors (Lipinski definition) is 37. The van der Waals surface area contributed by atoms with Crippen molar-refractivity contribution in [2.45, 2.75) is 347 Å². The fourth-order valence-electron chi connectivity index (χ4n) is 21.0. The predicted octanol–water partition coefficient (Wildman–Crippen LogP) is -6.42. The number of rotatable bonds is 17. The molecule has 0 amide bonds. The van der Waals surface area contributed by atoms with Gasteiger partial charge in [0.1, 0.15) is 146 Å². The lowest BCUT2D eigenvalue weighted by Crippen LogP contribution is -2.69. The van der Waals surface area contributed by atoms with Crippen molar-refractivity contribution < 1.29 is 188 Å². The number of aliphatic hydroxyl groups is 19. The van der Waals surface area contributed by atoms with Gasteiger partial charge < -0.3 is 178 Å². The third-order valence-electron chi connectivity index (χ3n) is 27.8. The lowest BCUT2D eigenvalue weighted by molar-refractivity contribution is -0.399. The fourth-order valence-corrected chi connectivity index (χ4v) is 21.0. The molecule has 13 rings (SSSR count). The summed E-state index contributed by atoms with van der Waals surface area (Å²) in [6, 6.07) is 0. The summed E-state index contributed by atoms with van der Waals surface area (Å²) in [7, 11) is 0. The Morgan fingerprint density at radius 1 is 0.405 bits per heavy atom. The summed E-state index contributed by atoms with van der Waals surface area (Å²) in [6.07, 6.45) is -59.2. The highest BCUT2D eigenvalue weighted by Gasteiger charge is 2.73. The van der Waals surface area contributed by atoms with Crippen LogP contribution in [0.1, 0.15) is 120 Å². The van der Waals surface area contributed by atoms with E-state index >= 15 is 4.79 Å². The molecule has 0 aromatic carbocycles. The topological polar surface area (TPSA) is 586 Å². The zero-order chi connectivity index (χ0) is 80.7. The van der Waals surface area contributed by atoms with Gasteiger partial charge in [0.05, 0.1) is 57.5 Å². The zero-order valence-electron chi connectivity index (χ0n) is 63.4. The molecule has 0 aromatic rings. The Hall–Kier alpha value is -2.68. The van der Waals surface area contributed by atoms with E-state index in [0.717, 1.165) is 5.57 Å². The maximum atomic E-state index is 16.3. The van der Waals surface area contributed by atoms with Crippen LogP contribution in [0.15, 0.2) is 11.6 Å². The lowest BCUT2D eigenvalue weighted by atomic mass is 9.33. The standard InChI is InChI=1S/C73H116O38/c1-25-38(80)42(84)46(88)63(101-25)106-53-33(78)24-100-66(57(53)110-64-50(92)55(51(26(2)102-64)104-59-43(85)39(81)29(74)20-96-59)108-62-48(90)52(32(77)23-99-62)105-60-44(86)40(82)30(75)21-97-60)111-67(95)73-17-16-68(3,4)18-28(73)27-10-11-35-70(7)14-13-37(69(5,6)34(70)12-15-71(35,8)72(27,9)19-36(73)79)103-65-49(91)54(47(89)56(109-65)58(93)94)107-61-45(87)41(83)31(76)22-98-61/h10,25-26,28-57,59-66,74-92H,11-24H2,1-9H3,(H,93,94)/t25-,26-,28-,29+,30-,31-,32+,33-,34+,35+,36-,37-,38-,39+,40+,41+,42+,43+,44+,45+,46-,47-,48+,49-,50-,51-,52-,53-,54+,55+,56-,57-,59+,60-,61+,62+,63+,64-,65-,66-,70-,71-,72+,73-/m1/s1. The average Bonchev–Trinajstić information content (AvgIpc) is 0.670. The molecule has 111 heavy (non-hydrogen) atoms. The van der Waals surface area contributed by atoms with Crippen molar-refractivity contribution in [3.63, 3.8) is 0 Å². The molecule has 44 atom stereocenters. The molecule has 8 heterocycles. The highest BCUT2D eigenvalue weighted by molar-refractivity contribution is 5.80. The summed E-state index contributed by atoms with van der Waals surface area (Å²) in [4.78, 5) is 28.9. The molecule has 0 aromatic heterocycles. The number of fused-ring (bicyclic) bond motifs is 7. The first-order chi connectivity index (χ1) is 52.0. The lowest BCUT2D eigenvalue weighted by Gasteiger charge is -2.71. The monoisotopic (exact) mass is 1600 g/mol. The Kier molecular flexibility index (Phi) is 25.2. The molecule has 8 saturated heterocycles. The van der Waals surface area contributed by atoms with E-state index in [2.05, 4.69) is 40.7 Å². The van der Waals surface area contributed by atoms with Gasteiger partial charge in [0, 0.05) is 0 Å². The Balaban J connectivity index is 0.783. The molecule has 4 saturated carbocycles. The summed E-state index contributed by atoms with van der Waals surface area (Å²) in [5.74, 6) is -3.39. The van der Waals surface area contributed by atoms with Crippen LogP contribution in [0.5, 0.6) is 0 Å². The van der Waals surface area contributed by atoms with Crippen LogP contribution in [0.25, 0.3) is 0 Å². The first-order valence-corrected chi connectivity index (χ1v) is 38.7. The van der Waals surface area contributed by atoms with Crippen molar-refractivity contribution >= 4 is 11.9 Å². The SMILES string of the molecule is C[C@H]1O[C@@H](O[C@H]2[C@@H](O[C@H]3O[C@H](C)[C@@H](O[C@@H]4OC[C@H](O)[C@H](O)[C@@H]4O)[C@@H](O[C@@H]4OC[C@H](O)[C@@H](O[C@H]5OC[C@@H](O)[C@H](O)[C@@H]5O)[C@@H]4O)[C@H]3O)[C@@H](OC(=O)[C@]34CCC(C)(C)C[C@@H]3C3=CC[C@H]5[C@]6(C)CC[C@@H](O[C@@H]7O[C@@H](C(=O)O)[C@H](O)[C@H](O[C@@H]8OC[C@@H](O)[C@H](O)[C@@H]8O)[C@H]7O)C(C)(C)[C@@H]6CC[C@@]5(C)[C@@]3(C)C[C@H]4O)OC[C@H]2O)[C@H](O)[C@@H](O)[C@@H]1O. The van der Waals surface area contributed by atoms with E-state index in [1.54, 1.807) is 0 Å². The Morgan fingerprint density at radius 2 is 0.865 bits per heavy atom. The van der Waals surface area contributed by atoms with Crippen molar-refractivity contribution in [1.29, 1.82) is 0 Å². The summed E-state index contributed by atoms with van der Waals surface area (Å²) in [5, 5.41) is 223. The van der Waals surface area contributed by atoms with E-state index in [-0.39, 0.29) is 24.7 Å². The zero-order valence-corrected chi connectivity index (χ0v) is 63.4. The molecular weight excluding hydrogens is 1480 g/mol. The molecule has 0 bridgehead atoms. The molecule has 0 spiro atoms. The van der Waals surface area contributed by atoms with Gasteiger partial charge in [-0.15, -0.1) is 0 Å². The summed E-state index contributed by atoms with van der Waals surface area (Å²) in [5.41, 5.74) is -3.70. The molecule has 12 fully saturated rings. The number of ether oxygens (including phenoxy) is 16. The molecule has 38 heteroatoms. The quantitative estimate of drug-likeness (QED) is 0.0366. The number of hydrogen-bond donors (Lipinski definition) is 20. The second-order valence-electron chi connectivity index (χ2n) is 35.4. The van der Waals surface area contributed by atoms with Gasteiger partial charge in [-0.05, 0) is 116 Å². The van der Waals surface area contributed by atoms with Gasteiger partial charge in [-0.3, -0.25) is 4.79 Å². The highest BCUT2D eigenvalue weighted by Crippen LogP contribution is 2.76. The maximum absolute atomic E-state index is 16.3. The normalized spacial score (nSPS) is 54.8. The largest absolute Gasteiger partial charge is 0.479 e. The Bertz CT molecular complexity index is 3250. The Morgan fingerprint density at radius 3 is 1.45 bits per heavy atom. The summed E-state index contributed by atoms with van der Waals surface area (Å²) < 4.78 is 96.8. The molecule has 8 aliphatic heterocycles. The number of allylic oxidation sites excluding steroid dienone is 2. The predicted molar refractivity (Wildman–Crippen MR) is 362 cm³/mol. The van der Waals surface area contributed by atoms with Crippen LogP contribution in [0, 0.1) is 50.2 Å². The van der Waals surface area contributed by atoms with Crippen molar-refractivity contribution in [3.05, 3.63) is 11.6 Å². The fraction of sp³-hybridized carbons (Fsp3) is 0.945. The van der Waals surface area contributed by atoms with Gasteiger partial charge in [-0.25, -0.2) is 4.79 Å². The molecule has 636 valence electrons. The summed E-state index contributed by atoms with van der Waals surface area (Å²) >= 11 is 0. The minimum Gasteiger partial charge on any atom is -0.479 e.